The molecule has 1 heterocycles. The smallest absolute Gasteiger partial charge is 0.408 e. The van der Waals surface area contributed by atoms with Gasteiger partial charge in [-0.25, -0.2) is 9.59 Å². The third-order valence-corrected chi connectivity index (χ3v) is 3.46. The molecule has 1 aromatic rings. The van der Waals surface area contributed by atoms with E-state index >= 15 is 0 Å². The molecule has 6 nitrogen and oxygen atoms in total. The molecule has 0 saturated carbocycles. The fraction of sp³-hybridized carbons (Fsp3) is 0.429. The number of rotatable bonds is 4. The number of benzene rings is 1. The number of carbonyl (C=O) groups excluding carboxylic acids is 1. The second-order valence-corrected chi connectivity index (χ2v) is 4.77. The van der Waals surface area contributed by atoms with E-state index < -0.39 is 18.1 Å². The van der Waals surface area contributed by atoms with E-state index in [-0.39, 0.29) is 6.04 Å². The van der Waals surface area contributed by atoms with Gasteiger partial charge in [0.1, 0.15) is 6.04 Å². The maximum absolute atomic E-state index is 11.6. The van der Waals surface area contributed by atoms with Gasteiger partial charge in [-0.15, -0.1) is 0 Å². The third kappa shape index (κ3) is 3.27. The van der Waals surface area contributed by atoms with Gasteiger partial charge in [-0.05, 0) is 12.0 Å². The summed E-state index contributed by atoms with van der Waals surface area (Å²) in [5, 5.41) is 12.4. The van der Waals surface area contributed by atoms with Gasteiger partial charge < -0.3 is 15.2 Å². The van der Waals surface area contributed by atoms with Gasteiger partial charge in [0, 0.05) is 19.1 Å². The summed E-state index contributed by atoms with van der Waals surface area (Å²) in [4.78, 5) is 23.9. The van der Waals surface area contributed by atoms with Crippen LogP contribution in [-0.2, 0) is 16.1 Å². The van der Waals surface area contributed by atoms with Gasteiger partial charge in [-0.2, -0.15) is 0 Å². The van der Waals surface area contributed by atoms with Crippen LogP contribution in [0.25, 0.3) is 0 Å². The number of ether oxygens (including phenoxy) is 1. The Morgan fingerprint density at radius 2 is 2.10 bits per heavy atom. The van der Waals surface area contributed by atoms with Crippen LogP contribution in [0.3, 0.4) is 0 Å². The van der Waals surface area contributed by atoms with Gasteiger partial charge in [0.05, 0.1) is 7.11 Å². The first-order valence-corrected chi connectivity index (χ1v) is 6.46. The van der Waals surface area contributed by atoms with Crippen molar-refractivity contribution in [2.24, 2.45) is 0 Å². The summed E-state index contributed by atoms with van der Waals surface area (Å²) in [5.74, 6) is -0.503. The molecular weight excluding hydrogens is 260 g/mol. The molecule has 20 heavy (non-hydrogen) atoms. The molecule has 2 atom stereocenters. The average Bonchev–Trinajstić information content (AvgIpc) is 2.90. The van der Waals surface area contributed by atoms with Crippen molar-refractivity contribution in [2.45, 2.75) is 25.0 Å². The summed E-state index contributed by atoms with van der Waals surface area (Å²) in [7, 11) is 1.27. The first kappa shape index (κ1) is 14.3. The van der Waals surface area contributed by atoms with Gasteiger partial charge in [0.15, 0.2) is 0 Å². The highest BCUT2D eigenvalue weighted by Gasteiger charge is 2.40. The molecule has 1 aliphatic heterocycles. The zero-order valence-electron chi connectivity index (χ0n) is 11.3. The molecule has 0 bridgehead atoms. The summed E-state index contributed by atoms with van der Waals surface area (Å²) in [5.41, 5.74) is 1.12. The number of esters is 1. The minimum Gasteiger partial charge on any atom is -0.467 e. The highest BCUT2D eigenvalue weighted by molar-refractivity contribution is 5.81. The van der Waals surface area contributed by atoms with E-state index in [1.54, 1.807) is 0 Å². The van der Waals surface area contributed by atoms with Crippen molar-refractivity contribution in [3.63, 3.8) is 0 Å². The molecule has 0 radical (unpaired) electrons. The fourth-order valence-electron chi connectivity index (χ4n) is 2.41. The van der Waals surface area contributed by atoms with Crippen molar-refractivity contribution in [1.82, 2.24) is 10.2 Å². The SMILES string of the molecule is COC(=O)[C@@H]1C[C@H](NCc2ccccc2)CN1C(=O)O. The lowest BCUT2D eigenvalue weighted by Gasteiger charge is -2.18. The number of hydrogen-bond donors (Lipinski definition) is 2. The Hall–Kier alpha value is -2.08. The number of carboxylic acid groups (broad SMARTS) is 1. The molecule has 1 aliphatic rings. The van der Waals surface area contributed by atoms with Gasteiger partial charge in [-0.1, -0.05) is 30.3 Å². The number of methoxy groups -OCH3 is 1. The molecule has 1 amide bonds. The van der Waals surface area contributed by atoms with Crippen LogP contribution in [0.4, 0.5) is 4.79 Å². The maximum Gasteiger partial charge on any atom is 0.408 e. The fourth-order valence-corrected chi connectivity index (χ4v) is 2.41. The number of nitrogens with zero attached hydrogens (tertiary/aromatic N) is 1. The van der Waals surface area contributed by atoms with Crippen molar-refractivity contribution < 1.29 is 19.4 Å². The molecule has 1 aromatic carbocycles. The van der Waals surface area contributed by atoms with Gasteiger partial charge in [-0.3, -0.25) is 4.90 Å². The Morgan fingerprint density at radius 3 is 2.70 bits per heavy atom. The number of amides is 1. The summed E-state index contributed by atoms with van der Waals surface area (Å²) in [6.45, 7) is 0.939. The molecule has 2 rings (SSSR count). The van der Waals surface area contributed by atoms with E-state index in [0.717, 1.165) is 10.5 Å². The quantitative estimate of drug-likeness (QED) is 0.805. The summed E-state index contributed by atoms with van der Waals surface area (Å²) >= 11 is 0. The van der Waals surface area contributed by atoms with Gasteiger partial charge in [0.25, 0.3) is 0 Å². The van der Waals surface area contributed by atoms with Crippen molar-refractivity contribution >= 4 is 12.1 Å². The Morgan fingerprint density at radius 1 is 1.40 bits per heavy atom. The van der Waals surface area contributed by atoms with Crippen LogP contribution >= 0.6 is 0 Å². The Balaban J connectivity index is 1.94. The number of likely N-dealkylation sites (tertiary alicyclic amines) is 1. The lowest BCUT2D eigenvalue weighted by atomic mass is 10.1. The molecule has 2 N–H and O–H groups in total. The first-order chi connectivity index (χ1) is 9.61. The van der Waals surface area contributed by atoms with Gasteiger partial charge in [0.2, 0.25) is 0 Å². The lowest BCUT2D eigenvalue weighted by molar-refractivity contribution is -0.145. The Labute approximate surface area is 117 Å². The van der Waals surface area contributed by atoms with Crippen LogP contribution in [0.5, 0.6) is 0 Å². The maximum atomic E-state index is 11.6. The molecule has 1 saturated heterocycles. The van der Waals surface area contributed by atoms with E-state index in [1.807, 2.05) is 30.3 Å². The average molecular weight is 278 g/mol. The minimum atomic E-state index is -1.09. The minimum absolute atomic E-state index is 0.0459. The summed E-state index contributed by atoms with van der Waals surface area (Å²) in [6.07, 6.45) is -0.657. The van der Waals surface area contributed by atoms with Crippen LogP contribution < -0.4 is 5.32 Å². The van der Waals surface area contributed by atoms with Crippen molar-refractivity contribution in [3.05, 3.63) is 35.9 Å². The zero-order valence-corrected chi connectivity index (χ0v) is 11.3. The Bertz CT molecular complexity index is 477. The normalized spacial score (nSPS) is 21.8. The van der Waals surface area contributed by atoms with Crippen molar-refractivity contribution in [3.8, 4) is 0 Å². The summed E-state index contributed by atoms with van der Waals surface area (Å²) in [6, 6.07) is 9.07. The second-order valence-electron chi connectivity index (χ2n) is 4.77. The predicted octanol–water partition coefficient (Wildman–Crippen LogP) is 1.07. The van der Waals surface area contributed by atoms with Crippen LogP contribution in [0.2, 0.25) is 0 Å². The number of nitrogens with one attached hydrogen (secondary N) is 1. The first-order valence-electron chi connectivity index (χ1n) is 6.46. The zero-order chi connectivity index (χ0) is 14.5. The molecule has 108 valence electrons. The highest BCUT2D eigenvalue weighted by atomic mass is 16.5. The molecule has 0 unspecified atom stereocenters. The van der Waals surface area contributed by atoms with E-state index in [4.69, 9.17) is 5.11 Å². The molecule has 6 heteroatoms. The Kier molecular flexibility index (Phi) is 4.57. The monoisotopic (exact) mass is 278 g/mol. The van der Waals surface area contributed by atoms with E-state index in [1.165, 1.54) is 7.11 Å². The molecular formula is C14H18N2O4. The number of carbonyl (C=O) groups is 2. The largest absolute Gasteiger partial charge is 0.467 e. The topological polar surface area (TPSA) is 78.9 Å². The highest BCUT2D eigenvalue weighted by Crippen LogP contribution is 2.19. The van der Waals surface area contributed by atoms with Crippen LogP contribution in [0.15, 0.2) is 30.3 Å². The van der Waals surface area contributed by atoms with E-state index in [0.29, 0.717) is 19.5 Å². The van der Waals surface area contributed by atoms with Crippen LogP contribution in [0, 0.1) is 0 Å². The third-order valence-electron chi connectivity index (χ3n) is 3.46. The molecule has 1 fully saturated rings. The molecule has 0 aliphatic carbocycles. The second kappa shape index (κ2) is 6.38. The predicted molar refractivity (Wildman–Crippen MR) is 72.2 cm³/mol. The lowest BCUT2D eigenvalue weighted by Crippen LogP contribution is -2.40. The summed E-state index contributed by atoms with van der Waals surface area (Å²) < 4.78 is 4.65. The van der Waals surface area contributed by atoms with Crippen molar-refractivity contribution in [2.75, 3.05) is 13.7 Å². The molecule has 0 spiro atoms. The van der Waals surface area contributed by atoms with Crippen LogP contribution in [-0.4, -0.2) is 47.8 Å². The van der Waals surface area contributed by atoms with Gasteiger partial charge >= 0.3 is 12.1 Å². The van der Waals surface area contributed by atoms with Crippen molar-refractivity contribution in [1.29, 1.82) is 0 Å². The standard InChI is InChI=1S/C14H18N2O4/c1-20-13(17)12-7-11(9-16(12)14(18)19)15-8-10-5-3-2-4-6-10/h2-6,11-12,15H,7-9H2,1H3,(H,18,19)/t11-,12-/m0/s1. The van der Waals surface area contributed by atoms with E-state index in [2.05, 4.69) is 10.1 Å². The molecule has 0 aromatic heterocycles. The number of hydrogen-bond acceptors (Lipinski definition) is 4. The van der Waals surface area contributed by atoms with Crippen LogP contribution in [0.1, 0.15) is 12.0 Å². The van der Waals surface area contributed by atoms with E-state index in [9.17, 15) is 9.59 Å².